The van der Waals surface area contributed by atoms with Crippen molar-refractivity contribution in [1.82, 2.24) is 9.80 Å². The molecule has 7 nitrogen and oxygen atoms in total. The Bertz CT molecular complexity index is 1260. The summed E-state index contributed by atoms with van der Waals surface area (Å²) >= 11 is 0. The first kappa shape index (κ1) is 25.2. The van der Waals surface area contributed by atoms with Crippen LogP contribution < -0.4 is 18.9 Å². The number of amides is 1. The molecule has 196 valence electrons. The molecule has 1 unspecified atom stereocenters. The van der Waals surface area contributed by atoms with Gasteiger partial charge in [0, 0.05) is 31.7 Å². The molecule has 2 heterocycles. The molecule has 1 atom stereocenters. The molecular weight excluding hydrogens is 468 g/mol. The zero-order valence-corrected chi connectivity index (χ0v) is 22.0. The molecule has 0 saturated carbocycles. The van der Waals surface area contributed by atoms with Crippen LogP contribution in [0.1, 0.15) is 28.8 Å². The van der Waals surface area contributed by atoms with E-state index in [4.69, 9.17) is 18.9 Å². The molecule has 0 bridgehead atoms. The van der Waals surface area contributed by atoms with Gasteiger partial charge in [-0.1, -0.05) is 12.1 Å². The maximum Gasteiger partial charge on any atom is 0.254 e. The molecule has 1 amide bonds. The first-order valence-electron chi connectivity index (χ1n) is 13.0. The van der Waals surface area contributed by atoms with Crippen molar-refractivity contribution in [2.45, 2.75) is 19.3 Å². The third-order valence-corrected chi connectivity index (χ3v) is 7.53. The zero-order chi connectivity index (χ0) is 25.8. The average Bonchev–Trinajstić information content (AvgIpc) is 3.38. The molecule has 2 aliphatic heterocycles. The van der Waals surface area contributed by atoms with Gasteiger partial charge in [0.2, 0.25) is 0 Å². The Balaban J connectivity index is 1.08. The molecular formula is C30H36N2O5. The fourth-order valence-corrected chi connectivity index (χ4v) is 5.50. The van der Waals surface area contributed by atoms with Crippen LogP contribution in [0.25, 0.3) is 10.8 Å². The highest BCUT2D eigenvalue weighted by Crippen LogP contribution is 2.34. The minimum atomic E-state index is 0.0999. The Kier molecular flexibility index (Phi) is 7.70. The van der Waals surface area contributed by atoms with Gasteiger partial charge in [-0.2, -0.15) is 0 Å². The lowest BCUT2D eigenvalue weighted by Crippen LogP contribution is -2.41. The second-order valence-electron chi connectivity index (χ2n) is 9.90. The number of nitrogens with zero attached hydrogens (tertiary/aromatic N) is 2. The van der Waals surface area contributed by atoms with E-state index in [1.807, 2.05) is 35.2 Å². The summed E-state index contributed by atoms with van der Waals surface area (Å²) in [6, 6.07) is 16.0. The molecule has 3 aromatic rings. The predicted molar refractivity (Wildman–Crippen MR) is 144 cm³/mol. The fourth-order valence-electron chi connectivity index (χ4n) is 5.50. The third kappa shape index (κ3) is 5.62. The number of carbonyl (C=O) groups excluding carboxylic acids is 1. The van der Waals surface area contributed by atoms with Crippen LogP contribution in [0.15, 0.2) is 48.5 Å². The van der Waals surface area contributed by atoms with Gasteiger partial charge >= 0.3 is 0 Å². The van der Waals surface area contributed by atoms with Crippen molar-refractivity contribution >= 4 is 16.7 Å². The lowest BCUT2D eigenvalue weighted by molar-refractivity contribution is 0.0712. The molecule has 5 rings (SSSR count). The number of fused-ring (bicyclic) bond motifs is 2. The Hall–Kier alpha value is -3.45. The largest absolute Gasteiger partial charge is 0.497 e. The summed E-state index contributed by atoms with van der Waals surface area (Å²) < 4.78 is 22.2. The molecule has 2 aliphatic rings. The zero-order valence-electron chi connectivity index (χ0n) is 22.0. The molecule has 1 fully saturated rings. The second-order valence-corrected chi connectivity index (χ2v) is 9.90. The Morgan fingerprint density at radius 1 is 0.865 bits per heavy atom. The van der Waals surface area contributed by atoms with Gasteiger partial charge in [-0.05, 0) is 84.5 Å². The van der Waals surface area contributed by atoms with Crippen molar-refractivity contribution < 1.29 is 23.7 Å². The van der Waals surface area contributed by atoms with Crippen LogP contribution in [0.3, 0.4) is 0 Å². The van der Waals surface area contributed by atoms with Crippen molar-refractivity contribution in [3.05, 3.63) is 59.7 Å². The van der Waals surface area contributed by atoms with E-state index in [0.29, 0.717) is 24.0 Å². The van der Waals surface area contributed by atoms with E-state index in [1.165, 1.54) is 0 Å². The predicted octanol–water partition coefficient (Wildman–Crippen LogP) is 4.65. The monoisotopic (exact) mass is 504 g/mol. The maximum absolute atomic E-state index is 13.2. The molecule has 3 aromatic carbocycles. The van der Waals surface area contributed by atoms with Gasteiger partial charge in [-0.3, -0.25) is 4.79 Å². The summed E-state index contributed by atoms with van der Waals surface area (Å²) in [5.74, 6) is 3.65. The van der Waals surface area contributed by atoms with E-state index >= 15 is 0 Å². The van der Waals surface area contributed by atoms with Gasteiger partial charge in [0.15, 0.2) is 11.5 Å². The van der Waals surface area contributed by atoms with Gasteiger partial charge < -0.3 is 28.7 Å². The number of carbonyl (C=O) groups is 1. The van der Waals surface area contributed by atoms with Crippen molar-refractivity contribution in [2.75, 3.05) is 60.7 Å². The molecule has 1 saturated heterocycles. The summed E-state index contributed by atoms with van der Waals surface area (Å²) in [5.41, 5.74) is 1.78. The van der Waals surface area contributed by atoms with Crippen molar-refractivity contribution in [2.24, 2.45) is 5.92 Å². The van der Waals surface area contributed by atoms with E-state index in [1.54, 1.807) is 21.3 Å². The van der Waals surface area contributed by atoms with Crippen molar-refractivity contribution in [1.29, 1.82) is 0 Å². The van der Waals surface area contributed by atoms with Crippen LogP contribution in [-0.4, -0.2) is 76.4 Å². The van der Waals surface area contributed by atoms with Gasteiger partial charge in [0.05, 0.1) is 27.9 Å². The number of ether oxygens (including phenoxy) is 4. The molecule has 0 radical (unpaired) electrons. The summed E-state index contributed by atoms with van der Waals surface area (Å²) in [4.78, 5) is 17.7. The number of hydrogen-bond donors (Lipinski definition) is 0. The maximum atomic E-state index is 13.2. The highest BCUT2D eigenvalue weighted by molar-refractivity contribution is 5.97. The Morgan fingerprint density at radius 2 is 1.59 bits per heavy atom. The van der Waals surface area contributed by atoms with Crippen molar-refractivity contribution in [3.8, 4) is 23.0 Å². The number of likely N-dealkylation sites (tertiary alicyclic amines) is 1. The van der Waals surface area contributed by atoms with Gasteiger partial charge in [0.1, 0.15) is 11.5 Å². The quantitative estimate of drug-likeness (QED) is 0.375. The Labute approximate surface area is 218 Å². The lowest BCUT2D eigenvalue weighted by Gasteiger charge is -2.31. The standard InChI is InChI=1S/C30H36N2O5/c1-34-25-7-5-23-16-26(8-6-22(23)15-25)37-14-4-11-31-12-9-21(19-31)20-32-13-10-24-17-28(35-2)29(36-3)18-27(24)30(32)33/h5-8,15-18,21H,4,9-14,19-20H2,1-3H3. The van der Waals surface area contributed by atoms with Gasteiger partial charge in [0.25, 0.3) is 5.91 Å². The molecule has 0 spiro atoms. The number of hydrogen-bond acceptors (Lipinski definition) is 6. The van der Waals surface area contributed by atoms with Crippen LogP contribution in [0.5, 0.6) is 23.0 Å². The highest BCUT2D eigenvalue weighted by Gasteiger charge is 2.30. The third-order valence-electron chi connectivity index (χ3n) is 7.53. The van der Waals surface area contributed by atoms with Crippen LogP contribution >= 0.6 is 0 Å². The second kappa shape index (κ2) is 11.3. The smallest absolute Gasteiger partial charge is 0.254 e. The minimum Gasteiger partial charge on any atom is -0.497 e. The van der Waals surface area contributed by atoms with E-state index < -0.39 is 0 Å². The van der Waals surface area contributed by atoms with Crippen LogP contribution in [0, 0.1) is 5.92 Å². The van der Waals surface area contributed by atoms with Gasteiger partial charge in [-0.25, -0.2) is 0 Å². The molecule has 0 aromatic heterocycles. The van der Waals surface area contributed by atoms with E-state index in [9.17, 15) is 4.79 Å². The first-order valence-corrected chi connectivity index (χ1v) is 13.0. The summed E-state index contributed by atoms with van der Waals surface area (Å²) in [5, 5.41) is 2.29. The first-order chi connectivity index (χ1) is 18.1. The summed E-state index contributed by atoms with van der Waals surface area (Å²) in [6.07, 6.45) is 2.94. The number of methoxy groups -OCH3 is 3. The SMILES string of the molecule is COc1ccc2cc(OCCCN3CCC(CN4CCc5cc(OC)c(OC)cc5C4=O)C3)ccc2c1. The molecule has 0 N–H and O–H groups in total. The van der Waals surface area contributed by atoms with Crippen LogP contribution in [-0.2, 0) is 6.42 Å². The lowest BCUT2D eigenvalue weighted by atomic mass is 9.96. The summed E-state index contributed by atoms with van der Waals surface area (Å²) in [6.45, 7) is 5.36. The number of benzene rings is 3. The van der Waals surface area contributed by atoms with Gasteiger partial charge in [-0.15, -0.1) is 0 Å². The molecule has 37 heavy (non-hydrogen) atoms. The topological polar surface area (TPSA) is 60.5 Å². The molecule has 7 heteroatoms. The molecule has 0 aliphatic carbocycles. The number of rotatable bonds is 10. The van der Waals surface area contributed by atoms with Crippen molar-refractivity contribution in [3.63, 3.8) is 0 Å². The Morgan fingerprint density at radius 3 is 2.35 bits per heavy atom. The fraction of sp³-hybridized carbons (Fsp3) is 0.433. The average molecular weight is 505 g/mol. The van der Waals surface area contributed by atoms with Crippen LogP contribution in [0.2, 0.25) is 0 Å². The highest BCUT2D eigenvalue weighted by atomic mass is 16.5. The minimum absolute atomic E-state index is 0.0999. The van der Waals surface area contributed by atoms with Crippen LogP contribution in [0.4, 0.5) is 0 Å². The summed E-state index contributed by atoms with van der Waals surface area (Å²) in [7, 11) is 4.91. The normalized spacial score (nSPS) is 17.6. The van der Waals surface area contributed by atoms with E-state index in [-0.39, 0.29) is 5.91 Å². The van der Waals surface area contributed by atoms with E-state index in [0.717, 1.165) is 85.4 Å². The van der Waals surface area contributed by atoms with E-state index in [2.05, 4.69) is 23.1 Å².